The summed E-state index contributed by atoms with van der Waals surface area (Å²) in [5.74, 6) is 0.731. The van der Waals surface area contributed by atoms with Gasteiger partial charge in [-0.15, -0.1) is 0 Å². The third kappa shape index (κ3) is 5.91. The summed E-state index contributed by atoms with van der Waals surface area (Å²) in [4.78, 5) is 29.2. The maximum absolute atomic E-state index is 13.0. The van der Waals surface area contributed by atoms with Gasteiger partial charge in [0.05, 0.1) is 26.8 Å². The predicted octanol–water partition coefficient (Wildman–Crippen LogP) is 4.54. The van der Waals surface area contributed by atoms with Crippen molar-refractivity contribution in [2.45, 2.75) is 33.3 Å². The maximum Gasteiger partial charge on any atom is 0.344 e. The molecule has 31 heavy (non-hydrogen) atoms. The second kappa shape index (κ2) is 10.4. The van der Waals surface area contributed by atoms with E-state index in [1.165, 1.54) is 4.68 Å². The van der Waals surface area contributed by atoms with Crippen LogP contribution in [-0.4, -0.2) is 34.6 Å². The summed E-state index contributed by atoms with van der Waals surface area (Å²) in [5, 5.41) is 4.88. The lowest BCUT2D eigenvalue weighted by Gasteiger charge is -2.11. The highest BCUT2D eigenvalue weighted by molar-refractivity contribution is 14.1. The molecule has 1 aromatic heterocycles. The summed E-state index contributed by atoms with van der Waals surface area (Å²) in [7, 11) is 0. The molecule has 1 heterocycles. The van der Waals surface area contributed by atoms with Crippen molar-refractivity contribution in [1.82, 2.24) is 9.66 Å². The largest absolute Gasteiger partial charge is 0.481 e. The number of carbonyl (C=O) groups excluding carboxylic acids is 1. The van der Waals surface area contributed by atoms with Crippen molar-refractivity contribution in [2.24, 2.45) is 5.10 Å². The minimum Gasteiger partial charge on any atom is -0.481 e. The van der Waals surface area contributed by atoms with E-state index < -0.39 is 5.97 Å². The smallest absolute Gasteiger partial charge is 0.344 e. The van der Waals surface area contributed by atoms with Crippen molar-refractivity contribution >= 4 is 61.6 Å². The van der Waals surface area contributed by atoms with Crippen LogP contribution >= 0.6 is 38.5 Å². The Labute approximate surface area is 201 Å². The molecule has 0 saturated heterocycles. The molecule has 0 aliphatic heterocycles. The number of hydrogen-bond acceptors (Lipinski definition) is 6. The number of halogens is 2. The van der Waals surface area contributed by atoms with Crippen molar-refractivity contribution < 1.29 is 14.3 Å². The zero-order valence-corrected chi connectivity index (χ0v) is 21.0. The predicted molar refractivity (Wildman–Crippen MR) is 132 cm³/mol. The Hall–Kier alpha value is -2.27. The molecule has 0 spiro atoms. The topological polar surface area (TPSA) is 82.8 Å². The first kappa shape index (κ1) is 23.4. The van der Waals surface area contributed by atoms with Gasteiger partial charge >= 0.3 is 5.97 Å². The summed E-state index contributed by atoms with van der Waals surface area (Å²) in [5.41, 5.74) is 1.20. The molecule has 162 valence electrons. The molecule has 0 saturated carbocycles. The molecule has 0 aliphatic carbocycles. The van der Waals surface area contributed by atoms with Gasteiger partial charge in [-0.1, -0.05) is 22.9 Å². The Bertz CT molecular complexity index is 1210. The van der Waals surface area contributed by atoms with E-state index in [1.54, 1.807) is 38.3 Å². The summed E-state index contributed by atoms with van der Waals surface area (Å²) < 4.78 is 13.5. The van der Waals surface area contributed by atoms with Crippen LogP contribution in [0.2, 0.25) is 0 Å². The normalized spacial score (nSPS) is 11.4. The molecule has 7 nitrogen and oxygen atoms in total. The number of fused-ring (bicyclic) bond motifs is 1. The molecule has 0 radical (unpaired) electrons. The van der Waals surface area contributed by atoms with Crippen molar-refractivity contribution in [3.05, 3.63) is 66.2 Å². The Morgan fingerprint density at radius 3 is 2.74 bits per heavy atom. The summed E-state index contributed by atoms with van der Waals surface area (Å²) in [6.07, 6.45) is 1.98. The fourth-order valence-corrected chi connectivity index (χ4v) is 3.87. The minimum absolute atomic E-state index is 0.158. The number of carbonyl (C=O) groups is 1. The molecule has 0 amide bonds. The van der Waals surface area contributed by atoms with E-state index in [1.807, 2.05) is 25.1 Å². The average Bonchev–Trinajstić information content (AvgIpc) is 2.72. The summed E-state index contributed by atoms with van der Waals surface area (Å²) >= 11 is 5.52. The van der Waals surface area contributed by atoms with Gasteiger partial charge in [0.15, 0.2) is 6.61 Å². The molecule has 3 rings (SSSR count). The highest BCUT2D eigenvalue weighted by atomic mass is 127. The van der Waals surface area contributed by atoms with E-state index in [4.69, 9.17) is 9.47 Å². The number of hydrogen-bond donors (Lipinski definition) is 0. The van der Waals surface area contributed by atoms with E-state index in [0.29, 0.717) is 28.9 Å². The third-order valence-electron chi connectivity index (χ3n) is 4.18. The molecule has 0 N–H and O–H groups in total. The summed E-state index contributed by atoms with van der Waals surface area (Å²) in [6, 6.07) is 10.8. The molecule has 2 aromatic carbocycles. The highest BCUT2D eigenvalue weighted by Crippen LogP contribution is 2.22. The molecule has 0 unspecified atom stereocenters. The van der Waals surface area contributed by atoms with Crippen LogP contribution in [0.15, 0.2) is 50.8 Å². The zero-order chi connectivity index (χ0) is 22.5. The van der Waals surface area contributed by atoms with Crippen LogP contribution in [0, 0.1) is 3.57 Å². The van der Waals surface area contributed by atoms with Crippen LogP contribution in [0.25, 0.3) is 10.9 Å². The maximum atomic E-state index is 13.0. The second-order valence-electron chi connectivity index (χ2n) is 6.92. The first-order chi connectivity index (χ1) is 14.8. The quantitative estimate of drug-likeness (QED) is 0.227. The number of rotatable bonds is 7. The Balaban J connectivity index is 1.84. The van der Waals surface area contributed by atoms with Gasteiger partial charge in [0.2, 0.25) is 0 Å². The second-order valence-corrected chi connectivity index (χ2v) is 9.00. The Morgan fingerprint density at radius 1 is 1.29 bits per heavy atom. The fourth-order valence-electron chi connectivity index (χ4n) is 2.82. The van der Waals surface area contributed by atoms with Crippen LogP contribution in [0.1, 0.15) is 32.2 Å². The lowest BCUT2D eigenvalue weighted by atomic mass is 10.2. The van der Waals surface area contributed by atoms with E-state index in [9.17, 15) is 9.59 Å². The van der Waals surface area contributed by atoms with Crippen LogP contribution in [0.5, 0.6) is 5.75 Å². The van der Waals surface area contributed by atoms with E-state index in [2.05, 4.69) is 48.6 Å². The van der Waals surface area contributed by atoms with E-state index in [-0.39, 0.29) is 18.3 Å². The molecule has 0 atom stereocenters. The lowest BCUT2D eigenvalue weighted by Crippen LogP contribution is -2.22. The monoisotopic (exact) mass is 597 g/mol. The van der Waals surface area contributed by atoms with E-state index >= 15 is 0 Å². The first-order valence-electron chi connectivity index (χ1n) is 9.66. The van der Waals surface area contributed by atoms with Crippen LogP contribution < -0.4 is 10.3 Å². The van der Waals surface area contributed by atoms with Gasteiger partial charge in [0.1, 0.15) is 11.6 Å². The van der Waals surface area contributed by atoms with Gasteiger partial charge in [-0.05, 0) is 78.4 Å². The number of aromatic nitrogens is 2. The Kier molecular flexibility index (Phi) is 7.82. The molecule has 0 bridgehead atoms. The minimum atomic E-state index is -0.418. The van der Waals surface area contributed by atoms with Gasteiger partial charge in [-0.2, -0.15) is 9.78 Å². The van der Waals surface area contributed by atoms with Crippen molar-refractivity contribution in [3.63, 3.8) is 0 Å². The number of benzene rings is 2. The average molecular weight is 598 g/mol. The van der Waals surface area contributed by atoms with Gasteiger partial charge < -0.3 is 9.47 Å². The standard InChI is InChI=1S/C22H21BrIN3O4/c1-4-20-26-18-7-6-15(23)10-16(18)22(29)27(20)25-11-14-5-8-19(17(24)9-14)30-12-21(28)31-13(2)3/h5-11,13H,4,12H2,1-3H3. The molecular weight excluding hydrogens is 577 g/mol. The number of ether oxygens (including phenoxy) is 2. The Morgan fingerprint density at radius 2 is 2.06 bits per heavy atom. The number of nitrogens with zero attached hydrogens (tertiary/aromatic N) is 3. The van der Waals surface area contributed by atoms with Gasteiger partial charge in [-0.25, -0.2) is 9.78 Å². The van der Waals surface area contributed by atoms with Crippen molar-refractivity contribution in [1.29, 1.82) is 0 Å². The third-order valence-corrected chi connectivity index (χ3v) is 5.52. The highest BCUT2D eigenvalue weighted by Gasteiger charge is 2.11. The van der Waals surface area contributed by atoms with E-state index in [0.717, 1.165) is 13.6 Å². The molecule has 3 aromatic rings. The molecule has 0 aliphatic rings. The van der Waals surface area contributed by atoms with Crippen LogP contribution in [0.3, 0.4) is 0 Å². The molecular formula is C22H21BrIN3O4. The molecule has 0 fully saturated rings. The van der Waals surface area contributed by atoms with Crippen LogP contribution in [0.4, 0.5) is 0 Å². The zero-order valence-electron chi connectivity index (χ0n) is 17.3. The van der Waals surface area contributed by atoms with Crippen molar-refractivity contribution in [3.8, 4) is 5.75 Å². The summed E-state index contributed by atoms with van der Waals surface area (Å²) in [6.45, 7) is 5.34. The lowest BCUT2D eigenvalue weighted by molar-refractivity contribution is -0.149. The molecule has 9 heteroatoms. The first-order valence-corrected chi connectivity index (χ1v) is 11.5. The van der Waals surface area contributed by atoms with Crippen LogP contribution in [-0.2, 0) is 16.0 Å². The SMILES string of the molecule is CCc1nc2ccc(Br)cc2c(=O)n1N=Cc1ccc(OCC(=O)OC(C)C)c(I)c1. The van der Waals surface area contributed by atoms with Gasteiger partial charge in [0, 0.05) is 10.9 Å². The fraction of sp³-hybridized carbons (Fsp3) is 0.273. The number of aryl methyl sites for hydroxylation is 1. The number of esters is 1. The van der Waals surface area contributed by atoms with Gasteiger partial charge in [0.25, 0.3) is 5.56 Å². The van der Waals surface area contributed by atoms with Gasteiger partial charge in [-0.3, -0.25) is 4.79 Å². The van der Waals surface area contributed by atoms with Crippen molar-refractivity contribution in [2.75, 3.05) is 6.61 Å².